The van der Waals surface area contributed by atoms with Crippen LogP contribution in [0.3, 0.4) is 0 Å². The van der Waals surface area contributed by atoms with Crippen LogP contribution in [0.15, 0.2) is 48.5 Å². The zero-order chi connectivity index (χ0) is 16.2. The summed E-state index contributed by atoms with van der Waals surface area (Å²) in [4.78, 5) is 13.9. The highest BCUT2D eigenvalue weighted by atomic mass is 35.5. The summed E-state index contributed by atoms with van der Waals surface area (Å²) in [6, 6.07) is 15.2. The van der Waals surface area contributed by atoms with Gasteiger partial charge in [0.05, 0.1) is 12.7 Å². The van der Waals surface area contributed by atoms with Crippen molar-refractivity contribution in [2.75, 3.05) is 18.9 Å². The van der Waals surface area contributed by atoms with Crippen molar-refractivity contribution in [1.82, 2.24) is 4.90 Å². The van der Waals surface area contributed by atoms with Gasteiger partial charge in [-0.05, 0) is 35.4 Å². The number of nitrogens with one attached hydrogen (secondary N) is 1. The maximum Gasteiger partial charge on any atom is 0.321 e. The highest BCUT2D eigenvalue weighted by Crippen LogP contribution is 2.21. The Morgan fingerprint density at radius 3 is 2.65 bits per heavy atom. The summed E-state index contributed by atoms with van der Waals surface area (Å²) in [5, 5.41) is 3.49. The van der Waals surface area contributed by atoms with E-state index in [9.17, 15) is 4.79 Å². The fourth-order valence-electron chi connectivity index (χ4n) is 2.67. The lowest BCUT2D eigenvalue weighted by Crippen LogP contribution is -2.40. The maximum absolute atomic E-state index is 12.2. The molecule has 2 aromatic rings. The van der Waals surface area contributed by atoms with Gasteiger partial charge in [0, 0.05) is 30.7 Å². The number of amides is 2. The third-order valence-corrected chi connectivity index (χ3v) is 4.21. The number of hydrogen-bond acceptors (Lipinski definition) is 2. The van der Waals surface area contributed by atoms with Crippen molar-refractivity contribution in [3.8, 4) is 0 Å². The standard InChI is InChI=1S/C18H19ClN2O2/c1-21(18(22)20-16-8-6-15(19)7-9-16)11-17-10-13-4-2-3-5-14(13)12-23-17/h2-9,17H,10-12H2,1H3,(H,20,22). The summed E-state index contributed by atoms with van der Waals surface area (Å²) in [6.07, 6.45) is 0.847. The number of carbonyl (C=O) groups is 1. The highest BCUT2D eigenvalue weighted by Gasteiger charge is 2.22. The van der Waals surface area contributed by atoms with E-state index in [4.69, 9.17) is 16.3 Å². The van der Waals surface area contributed by atoms with Crippen LogP contribution >= 0.6 is 11.6 Å². The maximum atomic E-state index is 12.2. The zero-order valence-corrected chi connectivity index (χ0v) is 13.7. The summed E-state index contributed by atoms with van der Waals surface area (Å²) < 4.78 is 5.85. The molecule has 120 valence electrons. The lowest BCUT2D eigenvalue weighted by Gasteiger charge is -2.29. The van der Waals surface area contributed by atoms with Gasteiger partial charge in [-0.3, -0.25) is 0 Å². The first kappa shape index (κ1) is 15.8. The molecule has 1 unspecified atom stereocenters. The molecule has 2 aromatic carbocycles. The predicted octanol–water partition coefficient (Wildman–Crippen LogP) is 3.95. The first-order chi connectivity index (χ1) is 11.1. The van der Waals surface area contributed by atoms with Crippen molar-refractivity contribution < 1.29 is 9.53 Å². The average molecular weight is 331 g/mol. The molecule has 1 N–H and O–H groups in total. The Bertz CT molecular complexity index is 688. The number of nitrogens with zero attached hydrogens (tertiary/aromatic N) is 1. The molecular formula is C18H19ClN2O2. The topological polar surface area (TPSA) is 41.6 Å². The zero-order valence-electron chi connectivity index (χ0n) is 13.0. The van der Waals surface area contributed by atoms with Gasteiger partial charge in [0.25, 0.3) is 0 Å². The Morgan fingerprint density at radius 2 is 1.91 bits per heavy atom. The first-order valence-corrected chi connectivity index (χ1v) is 7.95. The fraction of sp³-hybridized carbons (Fsp3) is 0.278. The van der Waals surface area contributed by atoms with Crippen LogP contribution in [0.2, 0.25) is 5.02 Å². The van der Waals surface area contributed by atoms with E-state index in [1.165, 1.54) is 11.1 Å². The molecule has 1 atom stereocenters. The summed E-state index contributed by atoms with van der Waals surface area (Å²) >= 11 is 5.84. The van der Waals surface area contributed by atoms with E-state index in [0.29, 0.717) is 18.2 Å². The van der Waals surface area contributed by atoms with Crippen molar-refractivity contribution >= 4 is 23.3 Å². The van der Waals surface area contributed by atoms with Gasteiger partial charge >= 0.3 is 6.03 Å². The van der Waals surface area contributed by atoms with E-state index in [-0.39, 0.29) is 12.1 Å². The van der Waals surface area contributed by atoms with Crippen LogP contribution in [0.5, 0.6) is 0 Å². The number of hydrogen-bond donors (Lipinski definition) is 1. The second-order valence-corrected chi connectivity index (χ2v) is 6.16. The van der Waals surface area contributed by atoms with Crippen LogP contribution < -0.4 is 5.32 Å². The number of halogens is 1. The van der Waals surface area contributed by atoms with Crippen LogP contribution in [0.25, 0.3) is 0 Å². The molecule has 5 heteroatoms. The molecule has 3 rings (SSSR count). The monoisotopic (exact) mass is 330 g/mol. The average Bonchev–Trinajstić information content (AvgIpc) is 2.56. The van der Waals surface area contributed by atoms with Gasteiger partial charge in [-0.25, -0.2) is 4.79 Å². The minimum atomic E-state index is -0.158. The van der Waals surface area contributed by atoms with Crippen molar-refractivity contribution in [3.05, 3.63) is 64.7 Å². The molecule has 0 saturated carbocycles. The molecule has 0 radical (unpaired) electrons. The van der Waals surface area contributed by atoms with Crippen molar-refractivity contribution in [2.24, 2.45) is 0 Å². The van der Waals surface area contributed by atoms with Gasteiger partial charge in [0.15, 0.2) is 0 Å². The number of carbonyl (C=O) groups excluding carboxylic acids is 1. The molecule has 1 aliphatic rings. The van der Waals surface area contributed by atoms with E-state index in [0.717, 1.165) is 12.1 Å². The number of fused-ring (bicyclic) bond motifs is 1. The van der Waals surface area contributed by atoms with Crippen LogP contribution in [0.1, 0.15) is 11.1 Å². The number of urea groups is 1. The highest BCUT2D eigenvalue weighted by molar-refractivity contribution is 6.30. The number of anilines is 1. The van der Waals surface area contributed by atoms with Crippen molar-refractivity contribution in [2.45, 2.75) is 19.1 Å². The third kappa shape index (κ3) is 4.03. The Morgan fingerprint density at radius 1 is 1.22 bits per heavy atom. The molecule has 2 amide bonds. The third-order valence-electron chi connectivity index (χ3n) is 3.96. The number of benzene rings is 2. The van der Waals surface area contributed by atoms with Gasteiger partial charge in [-0.15, -0.1) is 0 Å². The van der Waals surface area contributed by atoms with E-state index in [2.05, 4.69) is 17.4 Å². The Balaban J connectivity index is 1.56. The Labute approximate surface area is 141 Å². The predicted molar refractivity (Wildman–Crippen MR) is 91.8 cm³/mol. The van der Waals surface area contributed by atoms with E-state index >= 15 is 0 Å². The number of rotatable bonds is 3. The second-order valence-electron chi connectivity index (χ2n) is 5.72. The van der Waals surface area contributed by atoms with Crippen LogP contribution in [-0.2, 0) is 17.8 Å². The molecule has 1 heterocycles. The van der Waals surface area contributed by atoms with Gasteiger partial charge < -0.3 is 15.0 Å². The molecule has 0 spiro atoms. The van der Waals surface area contributed by atoms with Crippen molar-refractivity contribution in [1.29, 1.82) is 0 Å². The largest absolute Gasteiger partial charge is 0.371 e. The molecule has 0 bridgehead atoms. The number of ether oxygens (including phenoxy) is 1. The summed E-state index contributed by atoms with van der Waals surface area (Å²) in [6.45, 7) is 1.15. The van der Waals surface area contributed by atoms with E-state index < -0.39 is 0 Å². The SMILES string of the molecule is CN(CC1Cc2ccccc2CO1)C(=O)Nc1ccc(Cl)cc1. The van der Waals surface area contributed by atoms with Crippen LogP contribution in [0.4, 0.5) is 10.5 Å². The molecule has 0 aliphatic carbocycles. The van der Waals surface area contributed by atoms with Crippen LogP contribution in [0, 0.1) is 0 Å². The molecule has 1 aliphatic heterocycles. The van der Waals surface area contributed by atoms with Crippen LogP contribution in [-0.4, -0.2) is 30.6 Å². The second kappa shape index (κ2) is 7.02. The summed E-state index contributed by atoms with van der Waals surface area (Å²) in [5.74, 6) is 0. The smallest absolute Gasteiger partial charge is 0.321 e. The molecular weight excluding hydrogens is 312 g/mol. The van der Waals surface area contributed by atoms with Gasteiger partial charge in [0.1, 0.15) is 0 Å². The molecule has 23 heavy (non-hydrogen) atoms. The fourth-order valence-corrected chi connectivity index (χ4v) is 2.79. The van der Waals surface area contributed by atoms with Gasteiger partial charge in [-0.2, -0.15) is 0 Å². The van der Waals surface area contributed by atoms with E-state index in [1.54, 1.807) is 36.2 Å². The quantitative estimate of drug-likeness (QED) is 0.926. The van der Waals surface area contributed by atoms with Gasteiger partial charge in [0.2, 0.25) is 0 Å². The molecule has 0 saturated heterocycles. The first-order valence-electron chi connectivity index (χ1n) is 7.58. The Kier molecular flexibility index (Phi) is 4.84. The summed E-state index contributed by atoms with van der Waals surface area (Å²) in [5.41, 5.74) is 3.26. The summed E-state index contributed by atoms with van der Waals surface area (Å²) in [7, 11) is 1.77. The minimum Gasteiger partial charge on any atom is -0.371 e. The van der Waals surface area contributed by atoms with Gasteiger partial charge in [-0.1, -0.05) is 35.9 Å². The lowest BCUT2D eigenvalue weighted by atomic mass is 9.99. The molecule has 0 fully saturated rings. The normalized spacial score (nSPS) is 16.5. The Hall–Kier alpha value is -2.04. The van der Waals surface area contributed by atoms with Crippen molar-refractivity contribution in [3.63, 3.8) is 0 Å². The lowest BCUT2D eigenvalue weighted by molar-refractivity contribution is 0.0159. The molecule has 0 aromatic heterocycles. The molecule has 4 nitrogen and oxygen atoms in total. The van der Waals surface area contributed by atoms with E-state index in [1.807, 2.05) is 12.1 Å². The minimum absolute atomic E-state index is 0.0193. The number of likely N-dealkylation sites (N-methyl/N-ethyl adjacent to an activating group) is 1.